The molecule has 0 saturated heterocycles. The number of hydrogen-bond donors (Lipinski definition) is 0. The molecule has 0 heterocycles. The lowest BCUT2D eigenvalue weighted by molar-refractivity contribution is 1.01. The Labute approximate surface area is 299 Å². The molecular weight excluding hydrogens is 613 g/mol. The van der Waals surface area contributed by atoms with Gasteiger partial charge in [-0.15, -0.1) is 0 Å². The van der Waals surface area contributed by atoms with Crippen LogP contribution in [-0.4, -0.2) is 0 Å². The number of rotatable bonds is 4. The average molecular weight is 647 g/mol. The zero-order valence-electron chi connectivity index (χ0n) is 28.2. The fourth-order valence-electron chi connectivity index (χ4n) is 9.31. The molecule has 8 aromatic carbocycles. The Bertz CT molecular complexity index is 2640. The van der Waals surface area contributed by atoms with E-state index in [1.165, 1.54) is 100 Å². The first-order chi connectivity index (χ1) is 25.3. The van der Waals surface area contributed by atoms with E-state index in [1.807, 2.05) is 0 Å². The van der Waals surface area contributed by atoms with Crippen LogP contribution in [0, 0.1) is 0 Å². The first-order valence-corrected chi connectivity index (χ1v) is 18.1. The van der Waals surface area contributed by atoms with E-state index in [1.54, 1.807) is 0 Å². The molecule has 0 radical (unpaired) electrons. The molecule has 0 fully saturated rings. The number of hydrogen-bond acceptors (Lipinski definition) is 0. The van der Waals surface area contributed by atoms with E-state index in [0.29, 0.717) is 0 Å². The predicted molar refractivity (Wildman–Crippen MR) is 211 cm³/mol. The molecule has 2 atom stereocenters. The molecular formula is C51H34. The van der Waals surface area contributed by atoms with E-state index >= 15 is 0 Å². The first kappa shape index (κ1) is 28.6. The number of benzene rings is 8. The quantitative estimate of drug-likeness (QED) is 0.178. The molecule has 0 aromatic heterocycles. The van der Waals surface area contributed by atoms with Gasteiger partial charge >= 0.3 is 0 Å². The van der Waals surface area contributed by atoms with Gasteiger partial charge in [0, 0.05) is 11.8 Å². The van der Waals surface area contributed by atoms with Crippen LogP contribution in [0.5, 0.6) is 0 Å². The minimum Gasteiger partial charge on any atom is -0.0622 e. The highest BCUT2D eigenvalue weighted by Crippen LogP contribution is 2.53. The molecule has 238 valence electrons. The maximum atomic E-state index is 2.51. The molecule has 0 heteroatoms. The van der Waals surface area contributed by atoms with Crippen LogP contribution in [-0.2, 0) is 6.42 Å². The molecule has 11 rings (SSSR count). The van der Waals surface area contributed by atoms with Crippen molar-refractivity contribution in [1.29, 1.82) is 0 Å². The van der Waals surface area contributed by atoms with Crippen LogP contribution in [0.1, 0.15) is 56.3 Å². The van der Waals surface area contributed by atoms with Crippen molar-refractivity contribution >= 4 is 0 Å². The summed E-state index contributed by atoms with van der Waals surface area (Å²) < 4.78 is 0. The van der Waals surface area contributed by atoms with Crippen LogP contribution in [0.25, 0.3) is 55.6 Å². The third-order valence-electron chi connectivity index (χ3n) is 11.7. The van der Waals surface area contributed by atoms with Gasteiger partial charge < -0.3 is 0 Å². The Morgan fingerprint density at radius 3 is 1.53 bits per heavy atom. The second-order valence-electron chi connectivity index (χ2n) is 14.4. The molecule has 8 aromatic rings. The fraction of sp³-hybridized carbons (Fsp3) is 0.0588. The predicted octanol–water partition coefficient (Wildman–Crippen LogP) is 12.9. The third kappa shape index (κ3) is 4.40. The van der Waals surface area contributed by atoms with Gasteiger partial charge in [-0.05, 0) is 131 Å². The van der Waals surface area contributed by atoms with E-state index in [4.69, 9.17) is 0 Å². The van der Waals surface area contributed by atoms with Gasteiger partial charge in [0.25, 0.3) is 0 Å². The second kappa shape index (κ2) is 11.1. The molecule has 3 aliphatic carbocycles. The van der Waals surface area contributed by atoms with Gasteiger partial charge in [0.2, 0.25) is 0 Å². The summed E-state index contributed by atoms with van der Waals surface area (Å²) in [6.45, 7) is 0. The van der Waals surface area contributed by atoms with Gasteiger partial charge in [-0.2, -0.15) is 0 Å². The van der Waals surface area contributed by atoms with E-state index in [9.17, 15) is 0 Å². The van der Waals surface area contributed by atoms with Gasteiger partial charge in [-0.1, -0.05) is 158 Å². The van der Waals surface area contributed by atoms with Crippen LogP contribution >= 0.6 is 0 Å². The van der Waals surface area contributed by atoms with Crippen molar-refractivity contribution in [3.63, 3.8) is 0 Å². The van der Waals surface area contributed by atoms with Gasteiger partial charge in [0.1, 0.15) is 0 Å². The average Bonchev–Trinajstić information content (AvgIpc) is 3.84. The molecule has 2 unspecified atom stereocenters. The third-order valence-corrected chi connectivity index (χ3v) is 11.7. The molecule has 0 N–H and O–H groups in total. The zero-order valence-corrected chi connectivity index (χ0v) is 28.2. The van der Waals surface area contributed by atoms with Crippen molar-refractivity contribution in [2.24, 2.45) is 0 Å². The molecule has 0 amide bonds. The summed E-state index contributed by atoms with van der Waals surface area (Å²) in [5.74, 6) is 0.448. The Balaban J connectivity index is 1.02. The van der Waals surface area contributed by atoms with Crippen LogP contribution < -0.4 is 0 Å². The summed E-state index contributed by atoms with van der Waals surface area (Å²) in [4.78, 5) is 0. The van der Waals surface area contributed by atoms with Crippen LogP contribution in [0.4, 0.5) is 0 Å². The minimum absolute atomic E-state index is 0.222. The van der Waals surface area contributed by atoms with E-state index < -0.39 is 0 Å². The Kier molecular flexibility index (Phi) is 6.24. The summed E-state index contributed by atoms with van der Waals surface area (Å²) in [7, 11) is 0. The maximum absolute atomic E-state index is 2.51. The van der Waals surface area contributed by atoms with Crippen molar-refractivity contribution in [3.8, 4) is 55.6 Å². The summed E-state index contributed by atoms with van der Waals surface area (Å²) in [6.07, 6.45) is 1.00. The lowest BCUT2D eigenvalue weighted by Gasteiger charge is -2.16. The summed E-state index contributed by atoms with van der Waals surface area (Å²) in [5, 5.41) is 0. The van der Waals surface area contributed by atoms with Crippen LogP contribution in [0.15, 0.2) is 182 Å². The lowest BCUT2D eigenvalue weighted by Crippen LogP contribution is -1.99. The van der Waals surface area contributed by atoms with E-state index in [-0.39, 0.29) is 11.8 Å². The van der Waals surface area contributed by atoms with Crippen LogP contribution in [0.2, 0.25) is 0 Å². The fourth-order valence-corrected chi connectivity index (χ4v) is 9.31. The Morgan fingerprint density at radius 1 is 0.275 bits per heavy atom. The molecule has 0 aliphatic heterocycles. The van der Waals surface area contributed by atoms with Crippen molar-refractivity contribution in [2.75, 3.05) is 0 Å². The second-order valence-corrected chi connectivity index (χ2v) is 14.4. The Hall–Kier alpha value is -6.24. The smallest absolute Gasteiger partial charge is 0.0352 e. The number of fused-ring (bicyclic) bond motifs is 9. The van der Waals surface area contributed by atoms with E-state index in [0.717, 1.165) is 6.42 Å². The van der Waals surface area contributed by atoms with Crippen molar-refractivity contribution in [3.05, 3.63) is 226 Å². The van der Waals surface area contributed by atoms with Crippen LogP contribution in [0.3, 0.4) is 0 Å². The van der Waals surface area contributed by atoms with Crippen molar-refractivity contribution < 1.29 is 0 Å². The van der Waals surface area contributed by atoms with Crippen molar-refractivity contribution in [1.82, 2.24) is 0 Å². The highest BCUT2D eigenvalue weighted by atomic mass is 14.4. The maximum Gasteiger partial charge on any atom is 0.0352 e. The zero-order chi connectivity index (χ0) is 33.5. The normalized spacial score (nSPS) is 15.8. The van der Waals surface area contributed by atoms with Gasteiger partial charge in [0.15, 0.2) is 0 Å². The van der Waals surface area contributed by atoms with Gasteiger partial charge in [0.05, 0.1) is 0 Å². The van der Waals surface area contributed by atoms with Crippen molar-refractivity contribution in [2.45, 2.75) is 18.3 Å². The molecule has 0 saturated carbocycles. The molecule has 0 spiro atoms. The minimum atomic E-state index is 0.222. The lowest BCUT2D eigenvalue weighted by atomic mass is 9.87. The highest BCUT2D eigenvalue weighted by molar-refractivity contribution is 5.91. The summed E-state index contributed by atoms with van der Waals surface area (Å²) in [5.41, 5.74) is 24.5. The Morgan fingerprint density at radius 2 is 0.784 bits per heavy atom. The summed E-state index contributed by atoms with van der Waals surface area (Å²) >= 11 is 0. The summed E-state index contributed by atoms with van der Waals surface area (Å²) in [6, 6.07) is 68.3. The highest BCUT2D eigenvalue weighted by Gasteiger charge is 2.34. The molecule has 3 aliphatic rings. The molecule has 51 heavy (non-hydrogen) atoms. The standard InChI is InChI=1S/C51H34/c1-3-11-32(12-4-1)33-19-21-35(22-20-33)50-42-18-10-9-17-41(42)46-28-36(23-25-43(46)50)37-24-26-44-47(29-37)48-30-39-27-38-15-7-8-16-40(38)45(39)31-49(48)51(44)34-13-5-2-6-14-34/h1-26,28-31,50-51H,27H2. The molecule has 0 nitrogen and oxygen atoms in total. The largest absolute Gasteiger partial charge is 0.0622 e. The first-order valence-electron chi connectivity index (χ1n) is 18.1. The topological polar surface area (TPSA) is 0 Å². The molecule has 0 bridgehead atoms. The van der Waals surface area contributed by atoms with E-state index in [2.05, 4.69) is 182 Å². The van der Waals surface area contributed by atoms with Gasteiger partial charge in [-0.25, -0.2) is 0 Å². The SMILES string of the molecule is c1ccc(-c2ccc(C3c4ccccc4-c4cc(-c5ccc6c(c5)-c5cc7c(cc5C6c5ccccc5)-c5ccccc5C7)ccc43)cc2)cc1. The van der Waals surface area contributed by atoms with Gasteiger partial charge in [-0.3, -0.25) is 0 Å². The monoisotopic (exact) mass is 646 g/mol.